The first-order valence-corrected chi connectivity index (χ1v) is 3.98. The predicted octanol–water partition coefficient (Wildman–Crippen LogP) is 2.78. The quantitative estimate of drug-likeness (QED) is 0.705. The summed E-state index contributed by atoms with van der Waals surface area (Å²) in [4.78, 5) is 0. The number of hydrogen-bond acceptors (Lipinski definition) is 1. The molecule has 0 aliphatic carbocycles. The lowest BCUT2D eigenvalue weighted by molar-refractivity contribution is 0.432. The summed E-state index contributed by atoms with van der Waals surface area (Å²) in [6.07, 6.45) is 3.43. The largest absolute Gasteiger partial charge is 0.505 e. The van der Waals surface area contributed by atoms with Crippen molar-refractivity contribution in [2.24, 2.45) is 0 Å². The van der Waals surface area contributed by atoms with E-state index in [9.17, 15) is 4.39 Å². The number of alkyl halides is 1. The summed E-state index contributed by atoms with van der Waals surface area (Å²) in [5.74, 6) is -0.553. The molecule has 1 aromatic carbocycles. The van der Waals surface area contributed by atoms with Gasteiger partial charge in [-0.2, -0.15) is 0 Å². The minimum Gasteiger partial charge on any atom is -0.505 e. The molecule has 1 N–H and O–H groups in total. The van der Waals surface area contributed by atoms with Gasteiger partial charge in [0.05, 0.1) is 0 Å². The lowest BCUT2D eigenvalue weighted by atomic mass is 10.2. The summed E-state index contributed by atoms with van der Waals surface area (Å²) < 4.78 is 12.5. The number of allylic oxidation sites excluding steroid dienone is 1. The third-order valence-electron chi connectivity index (χ3n) is 1.37. The fraction of sp³-hybridized carbons (Fsp3) is 0.111. The van der Waals surface area contributed by atoms with E-state index in [4.69, 9.17) is 16.7 Å². The molecule has 0 unspecified atom stereocenters. The third-order valence-corrected chi connectivity index (χ3v) is 1.55. The van der Waals surface area contributed by atoms with Gasteiger partial charge in [0.25, 0.3) is 0 Å². The number of rotatable bonds is 2. The molecule has 0 saturated carbocycles. The zero-order valence-electron chi connectivity index (χ0n) is 6.30. The number of benzene rings is 1. The predicted molar refractivity (Wildman–Crippen MR) is 47.8 cm³/mol. The SMILES string of the molecule is Oc1cc(C=CCCl)ccc1F. The fourth-order valence-corrected chi connectivity index (χ4v) is 0.903. The Kier molecular flexibility index (Phi) is 3.11. The van der Waals surface area contributed by atoms with Gasteiger partial charge in [-0.25, -0.2) is 4.39 Å². The van der Waals surface area contributed by atoms with Gasteiger partial charge in [0.1, 0.15) is 0 Å². The maximum Gasteiger partial charge on any atom is 0.164 e. The summed E-state index contributed by atoms with van der Waals surface area (Å²) in [5, 5.41) is 8.96. The van der Waals surface area contributed by atoms with Crippen molar-refractivity contribution in [1.82, 2.24) is 0 Å². The van der Waals surface area contributed by atoms with Crippen molar-refractivity contribution < 1.29 is 9.50 Å². The van der Waals surface area contributed by atoms with Crippen LogP contribution >= 0.6 is 11.6 Å². The average Bonchev–Trinajstić information content (AvgIpc) is 2.07. The van der Waals surface area contributed by atoms with Crippen molar-refractivity contribution in [3.63, 3.8) is 0 Å². The standard InChI is InChI=1S/C9H8ClFO/c10-5-1-2-7-3-4-8(11)9(12)6-7/h1-4,6,12H,5H2. The van der Waals surface area contributed by atoms with E-state index in [2.05, 4.69) is 0 Å². The first-order valence-electron chi connectivity index (χ1n) is 3.45. The van der Waals surface area contributed by atoms with Gasteiger partial charge in [-0.1, -0.05) is 18.2 Å². The number of hydrogen-bond donors (Lipinski definition) is 1. The molecule has 0 aliphatic heterocycles. The van der Waals surface area contributed by atoms with Crippen LogP contribution in [-0.2, 0) is 0 Å². The molecule has 0 spiro atoms. The van der Waals surface area contributed by atoms with E-state index in [0.29, 0.717) is 5.88 Å². The summed E-state index contributed by atoms with van der Waals surface area (Å²) >= 11 is 5.40. The zero-order valence-corrected chi connectivity index (χ0v) is 7.05. The smallest absolute Gasteiger partial charge is 0.164 e. The van der Waals surface area contributed by atoms with E-state index in [0.717, 1.165) is 5.56 Å². The lowest BCUT2D eigenvalue weighted by Crippen LogP contribution is -1.77. The van der Waals surface area contributed by atoms with Crippen LogP contribution in [0.2, 0.25) is 0 Å². The molecular formula is C9H8ClFO. The van der Waals surface area contributed by atoms with Crippen molar-refractivity contribution in [2.75, 3.05) is 5.88 Å². The Balaban J connectivity index is 2.89. The highest BCUT2D eigenvalue weighted by Gasteiger charge is 1.97. The molecule has 3 heteroatoms. The van der Waals surface area contributed by atoms with E-state index in [1.54, 1.807) is 18.2 Å². The average molecular weight is 187 g/mol. The van der Waals surface area contributed by atoms with Crippen molar-refractivity contribution in [3.8, 4) is 5.75 Å². The molecule has 0 amide bonds. The minimum absolute atomic E-state index is 0.341. The molecule has 0 heterocycles. The Hall–Kier alpha value is -1.02. The van der Waals surface area contributed by atoms with Crippen molar-refractivity contribution in [1.29, 1.82) is 0 Å². The van der Waals surface area contributed by atoms with Crippen LogP contribution in [0.1, 0.15) is 5.56 Å². The van der Waals surface area contributed by atoms with E-state index < -0.39 is 5.82 Å². The van der Waals surface area contributed by atoms with Crippen molar-refractivity contribution in [2.45, 2.75) is 0 Å². The Bertz CT molecular complexity index is 297. The number of halogens is 2. The zero-order chi connectivity index (χ0) is 8.97. The fourth-order valence-electron chi connectivity index (χ4n) is 0.814. The molecule has 0 fully saturated rings. The second-order valence-corrected chi connectivity index (χ2v) is 2.58. The Morgan fingerprint density at radius 2 is 2.25 bits per heavy atom. The van der Waals surface area contributed by atoms with E-state index >= 15 is 0 Å². The highest BCUT2D eigenvalue weighted by molar-refractivity contribution is 6.19. The lowest BCUT2D eigenvalue weighted by Gasteiger charge is -1.96. The van der Waals surface area contributed by atoms with Crippen molar-refractivity contribution in [3.05, 3.63) is 35.7 Å². The highest BCUT2D eigenvalue weighted by atomic mass is 35.5. The summed E-state index contributed by atoms with van der Waals surface area (Å²) in [6.45, 7) is 0. The molecule has 0 saturated heterocycles. The van der Waals surface area contributed by atoms with E-state index in [1.807, 2.05) is 0 Å². The molecule has 1 nitrogen and oxygen atoms in total. The summed E-state index contributed by atoms with van der Waals surface area (Å²) in [6, 6.07) is 4.12. The number of phenolic OH excluding ortho intramolecular Hbond substituents is 1. The Labute approximate surface area is 75.1 Å². The van der Waals surface area contributed by atoms with Gasteiger partial charge < -0.3 is 5.11 Å². The second-order valence-electron chi connectivity index (χ2n) is 2.27. The number of aromatic hydroxyl groups is 1. The maximum atomic E-state index is 12.5. The Morgan fingerprint density at radius 1 is 1.50 bits per heavy atom. The van der Waals surface area contributed by atoms with Gasteiger partial charge >= 0.3 is 0 Å². The maximum absolute atomic E-state index is 12.5. The van der Waals surface area contributed by atoms with Crippen LogP contribution < -0.4 is 0 Å². The molecule has 0 aromatic heterocycles. The van der Waals surface area contributed by atoms with E-state index in [1.165, 1.54) is 12.1 Å². The van der Waals surface area contributed by atoms with Crippen LogP contribution in [0, 0.1) is 5.82 Å². The topological polar surface area (TPSA) is 20.2 Å². The van der Waals surface area contributed by atoms with Crippen LogP contribution in [0.4, 0.5) is 4.39 Å². The monoisotopic (exact) mass is 186 g/mol. The van der Waals surface area contributed by atoms with Gasteiger partial charge in [-0.15, -0.1) is 11.6 Å². The van der Waals surface area contributed by atoms with Gasteiger partial charge in [0.15, 0.2) is 11.6 Å². The third kappa shape index (κ3) is 2.24. The van der Waals surface area contributed by atoms with Gasteiger partial charge in [0.2, 0.25) is 0 Å². The van der Waals surface area contributed by atoms with Crippen molar-refractivity contribution >= 4 is 17.7 Å². The molecule has 0 radical (unpaired) electrons. The molecule has 0 atom stereocenters. The van der Waals surface area contributed by atoms with Crippen LogP contribution in [0.3, 0.4) is 0 Å². The first-order chi connectivity index (χ1) is 5.74. The normalized spacial score (nSPS) is 10.8. The van der Waals surface area contributed by atoms with Crippen LogP contribution in [0.25, 0.3) is 6.08 Å². The van der Waals surface area contributed by atoms with Crippen LogP contribution in [0.15, 0.2) is 24.3 Å². The summed E-state index contributed by atoms with van der Waals surface area (Å²) in [7, 11) is 0. The molecule has 1 aromatic rings. The van der Waals surface area contributed by atoms with Gasteiger partial charge in [0, 0.05) is 5.88 Å². The molecule has 12 heavy (non-hydrogen) atoms. The highest BCUT2D eigenvalue weighted by Crippen LogP contribution is 2.17. The van der Waals surface area contributed by atoms with Gasteiger partial charge in [-0.3, -0.25) is 0 Å². The Morgan fingerprint density at radius 3 is 2.83 bits per heavy atom. The van der Waals surface area contributed by atoms with E-state index in [-0.39, 0.29) is 5.75 Å². The molecule has 64 valence electrons. The molecular weight excluding hydrogens is 179 g/mol. The number of phenols is 1. The van der Waals surface area contributed by atoms with Crippen LogP contribution in [0.5, 0.6) is 5.75 Å². The molecule has 0 aliphatic rings. The molecule has 0 bridgehead atoms. The minimum atomic E-state index is -0.613. The van der Waals surface area contributed by atoms with Crippen LogP contribution in [-0.4, -0.2) is 11.0 Å². The van der Waals surface area contributed by atoms with Gasteiger partial charge in [-0.05, 0) is 17.7 Å². The second kappa shape index (κ2) is 4.12. The first kappa shape index (κ1) is 9.07. The molecule has 1 rings (SSSR count). The summed E-state index contributed by atoms with van der Waals surface area (Å²) in [5.41, 5.74) is 0.731.